The molecule has 4 nitrogen and oxygen atoms in total. The van der Waals surface area contributed by atoms with Crippen LogP contribution in [-0.4, -0.2) is 21.1 Å². The number of rotatable bonds is 2. The molecular weight excluding hydrogens is 271 g/mol. The molecule has 7 heteroatoms. The van der Waals surface area contributed by atoms with Crippen molar-refractivity contribution in [3.63, 3.8) is 0 Å². The van der Waals surface area contributed by atoms with E-state index in [1.807, 2.05) is 0 Å². The third-order valence-corrected chi connectivity index (χ3v) is 3.19. The highest BCUT2D eigenvalue weighted by Crippen LogP contribution is 2.30. The van der Waals surface area contributed by atoms with Crippen LogP contribution in [0.5, 0.6) is 0 Å². The SMILES string of the molecule is O=CN1Cc2cn(-c3cccc(C(F)(F)F)c3)nc2C1. The molecule has 0 fully saturated rings. The lowest BCUT2D eigenvalue weighted by molar-refractivity contribution is -0.137. The number of benzene rings is 1. The highest BCUT2D eigenvalue weighted by Gasteiger charge is 2.30. The van der Waals surface area contributed by atoms with Crippen molar-refractivity contribution in [2.45, 2.75) is 19.3 Å². The summed E-state index contributed by atoms with van der Waals surface area (Å²) < 4.78 is 39.4. The van der Waals surface area contributed by atoms with Gasteiger partial charge in [-0.3, -0.25) is 4.79 Å². The molecule has 1 aliphatic rings. The molecule has 0 unspecified atom stereocenters. The fourth-order valence-corrected chi connectivity index (χ4v) is 2.21. The number of hydrogen-bond acceptors (Lipinski definition) is 2. The Kier molecular flexibility index (Phi) is 2.77. The number of fused-ring (bicyclic) bond motifs is 1. The second-order valence-corrected chi connectivity index (χ2v) is 4.60. The van der Waals surface area contributed by atoms with Crippen LogP contribution in [0.1, 0.15) is 16.8 Å². The van der Waals surface area contributed by atoms with Crippen LogP contribution < -0.4 is 0 Å². The van der Waals surface area contributed by atoms with Gasteiger partial charge in [0.25, 0.3) is 0 Å². The topological polar surface area (TPSA) is 38.1 Å². The molecule has 2 heterocycles. The molecule has 0 saturated carbocycles. The number of halogens is 3. The van der Waals surface area contributed by atoms with Crippen LogP contribution >= 0.6 is 0 Å². The van der Waals surface area contributed by atoms with Crippen molar-refractivity contribution in [1.29, 1.82) is 0 Å². The maximum atomic E-state index is 12.7. The van der Waals surface area contributed by atoms with Crippen molar-refractivity contribution in [2.24, 2.45) is 0 Å². The third-order valence-electron chi connectivity index (χ3n) is 3.19. The van der Waals surface area contributed by atoms with E-state index in [2.05, 4.69) is 5.10 Å². The van der Waals surface area contributed by atoms with Crippen LogP contribution in [-0.2, 0) is 24.1 Å². The van der Waals surface area contributed by atoms with Gasteiger partial charge >= 0.3 is 6.18 Å². The zero-order valence-electron chi connectivity index (χ0n) is 10.3. The minimum atomic E-state index is -4.37. The largest absolute Gasteiger partial charge is 0.416 e. The van der Waals surface area contributed by atoms with Gasteiger partial charge in [-0.05, 0) is 18.2 Å². The van der Waals surface area contributed by atoms with Gasteiger partial charge in [0.1, 0.15) is 0 Å². The standard InChI is InChI=1S/C13H10F3N3O/c14-13(15,16)10-2-1-3-11(4-10)19-6-9-5-18(8-20)7-12(9)17-19/h1-4,6,8H,5,7H2. The van der Waals surface area contributed by atoms with Crippen molar-refractivity contribution in [3.8, 4) is 5.69 Å². The summed E-state index contributed by atoms with van der Waals surface area (Å²) in [7, 11) is 0. The van der Waals surface area contributed by atoms with Crippen molar-refractivity contribution in [3.05, 3.63) is 47.3 Å². The molecule has 1 aliphatic heterocycles. The average Bonchev–Trinajstić information content (AvgIpc) is 2.95. The molecule has 2 aromatic rings. The second-order valence-electron chi connectivity index (χ2n) is 4.60. The normalized spacial score (nSPS) is 14.4. The Hall–Kier alpha value is -2.31. The maximum Gasteiger partial charge on any atom is 0.416 e. The molecule has 20 heavy (non-hydrogen) atoms. The number of nitrogens with zero attached hydrogens (tertiary/aromatic N) is 3. The number of carbonyl (C=O) groups excluding carboxylic acids is 1. The Labute approximate surface area is 112 Å². The van der Waals surface area contributed by atoms with Crippen LogP contribution in [0.15, 0.2) is 30.5 Å². The van der Waals surface area contributed by atoms with E-state index >= 15 is 0 Å². The average molecular weight is 281 g/mol. The predicted octanol–water partition coefficient (Wildman–Crippen LogP) is 2.36. The van der Waals surface area contributed by atoms with Gasteiger partial charge in [0.15, 0.2) is 0 Å². The van der Waals surface area contributed by atoms with Crippen molar-refractivity contribution in [2.75, 3.05) is 0 Å². The Balaban J connectivity index is 1.94. The van der Waals surface area contributed by atoms with E-state index in [0.29, 0.717) is 18.8 Å². The van der Waals surface area contributed by atoms with Gasteiger partial charge < -0.3 is 4.90 Å². The molecule has 3 rings (SSSR count). The van der Waals surface area contributed by atoms with Gasteiger partial charge in [0, 0.05) is 18.3 Å². The first-order valence-corrected chi connectivity index (χ1v) is 5.92. The Bertz CT molecular complexity index is 640. The van der Waals surface area contributed by atoms with Crippen LogP contribution in [0.2, 0.25) is 0 Å². The first-order valence-electron chi connectivity index (χ1n) is 5.92. The molecule has 1 amide bonds. The molecular formula is C13H10F3N3O. The smallest absolute Gasteiger partial charge is 0.335 e. The number of aromatic nitrogens is 2. The number of amides is 1. The molecule has 0 aliphatic carbocycles. The van der Waals surface area contributed by atoms with Crippen LogP contribution in [0, 0.1) is 0 Å². The van der Waals surface area contributed by atoms with E-state index in [0.717, 1.165) is 29.8 Å². The lowest BCUT2D eigenvalue weighted by Gasteiger charge is -2.10. The van der Waals surface area contributed by atoms with Gasteiger partial charge in [-0.25, -0.2) is 4.68 Å². The fraction of sp³-hybridized carbons (Fsp3) is 0.231. The molecule has 0 bridgehead atoms. The van der Waals surface area contributed by atoms with Crippen molar-refractivity contribution in [1.82, 2.24) is 14.7 Å². The van der Waals surface area contributed by atoms with Gasteiger partial charge in [-0.2, -0.15) is 18.3 Å². The molecule has 0 radical (unpaired) electrons. The third kappa shape index (κ3) is 2.15. The second kappa shape index (κ2) is 4.36. The molecule has 0 spiro atoms. The summed E-state index contributed by atoms with van der Waals surface area (Å²) >= 11 is 0. The monoisotopic (exact) mass is 281 g/mol. The van der Waals surface area contributed by atoms with Crippen LogP contribution in [0.4, 0.5) is 13.2 Å². The van der Waals surface area contributed by atoms with Crippen LogP contribution in [0.25, 0.3) is 5.69 Å². The summed E-state index contributed by atoms with van der Waals surface area (Å²) in [5.74, 6) is 0. The Morgan fingerprint density at radius 1 is 1.25 bits per heavy atom. The van der Waals surface area contributed by atoms with E-state index in [9.17, 15) is 18.0 Å². The summed E-state index contributed by atoms with van der Waals surface area (Å²) in [6, 6.07) is 4.99. The van der Waals surface area contributed by atoms with Crippen LogP contribution in [0.3, 0.4) is 0 Å². The number of alkyl halides is 3. The molecule has 0 atom stereocenters. The Morgan fingerprint density at radius 3 is 2.70 bits per heavy atom. The van der Waals surface area contributed by atoms with Gasteiger partial charge in [0.05, 0.1) is 23.5 Å². The minimum Gasteiger partial charge on any atom is -0.335 e. The summed E-state index contributed by atoms with van der Waals surface area (Å²) in [4.78, 5) is 12.2. The van der Waals surface area contributed by atoms with Crippen molar-refractivity contribution >= 4 is 6.41 Å². The fourth-order valence-electron chi connectivity index (χ4n) is 2.21. The van der Waals surface area contributed by atoms with Gasteiger partial charge in [-0.15, -0.1) is 0 Å². The summed E-state index contributed by atoms with van der Waals surface area (Å²) in [6.45, 7) is 0.836. The van der Waals surface area contributed by atoms with E-state index in [1.165, 1.54) is 10.7 Å². The number of carbonyl (C=O) groups is 1. The van der Waals surface area contributed by atoms with Gasteiger partial charge in [-0.1, -0.05) is 6.07 Å². The highest BCUT2D eigenvalue weighted by atomic mass is 19.4. The minimum absolute atomic E-state index is 0.354. The molecule has 0 saturated heterocycles. The lowest BCUT2D eigenvalue weighted by Crippen LogP contribution is -2.14. The summed E-state index contributed by atoms with van der Waals surface area (Å²) in [5.41, 5.74) is 1.22. The summed E-state index contributed by atoms with van der Waals surface area (Å²) in [6.07, 6.45) is -1.98. The van der Waals surface area contributed by atoms with E-state index in [1.54, 1.807) is 17.2 Å². The molecule has 104 valence electrons. The predicted molar refractivity (Wildman–Crippen MR) is 63.9 cm³/mol. The summed E-state index contributed by atoms with van der Waals surface area (Å²) in [5, 5.41) is 4.23. The molecule has 1 aromatic carbocycles. The highest BCUT2D eigenvalue weighted by molar-refractivity contribution is 5.50. The van der Waals surface area contributed by atoms with E-state index < -0.39 is 11.7 Å². The van der Waals surface area contributed by atoms with E-state index in [4.69, 9.17) is 0 Å². The lowest BCUT2D eigenvalue weighted by atomic mass is 10.2. The van der Waals surface area contributed by atoms with Crippen molar-refractivity contribution < 1.29 is 18.0 Å². The Morgan fingerprint density at radius 2 is 2.05 bits per heavy atom. The van der Waals surface area contributed by atoms with Gasteiger partial charge in [0.2, 0.25) is 6.41 Å². The first-order chi connectivity index (χ1) is 9.47. The zero-order valence-corrected chi connectivity index (χ0v) is 10.3. The molecule has 1 aromatic heterocycles. The zero-order chi connectivity index (χ0) is 14.3. The molecule has 0 N–H and O–H groups in total. The van der Waals surface area contributed by atoms with E-state index in [-0.39, 0.29) is 0 Å². The maximum absolute atomic E-state index is 12.7. The first kappa shape index (κ1) is 12.7. The quantitative estimate of drug-likeness (QED) is 0.793. The number of hydrogen-bond donors (Lipinski definition) is 0.